The fraction of sp³-hybridized carbons (Fsp3) is 0.727. The number of carboxylic acid groups (broad SMARTS) is 1. The Balaban J connectivity index is 2.09. The first-order valence-corrected chi connectivity index (χ1v) is 7.13. The highest BCUT2D eigenvalue weighted by Crippen LogP contribution is 2.26. The molecule has 2 atom stereocenters. The van der Waals surface area contributed by atoms with Gasteiger partial charge < -0.3 is 15.3 Å². The monoisotopic (exact) mass is 272 g/mol. The van der Waals surface area contributed by atoms with Crippen LogP contribution in [0, 0.1) is 5.92 Å². The van der Waals surface area contributed by atoms with E-state index in [1.54, 1.807) is 11.8 Å². The van der Waals surface area contributed by atoms with E-state index in [1.807, 2.05) is 0 Å². The maximum absolute atomic E-state index is 12.3. The highest BCUT2D eigenvalue weighted by atomic mass is 32.2. The SMILES string of the molecule is O=C(O)CC1C(=O)NCCN1C(=O)C1CCSC1. The molecule has 2 rings (SSSR count). The quantitative estimate of drug-likeness (QED) is 0.726. The molecule has 2 aliphatic rings. The summed E-state index contributed by atoms with van der Waals surface area (Å²) >= 11 is 1.73. The Labute approximate surface area is 109 Å². The number of hydrogen-bond donors (Lipinski definition) is 2. The molecule has 2 saturated heterocycles. The van der Waals surface area contributed by atoms with Crippen molar-refractivity contribution in [2.75, 3.05) is 24.6 Å². The Morgan fingerprint density at radius 3 is 2.89 bits per heavy atom. The van der Waals surface area contributed by atoms with Crippen molar-refractivity contribution in [2.24, 2.45) is 5.92 Å². The zero-order chi connectivity index (χ0) is 13.1. The van der Waals surface area contributed by atoms with Gasteiger partial charge in [0.2, 0.25) is 11.8 Å². The lowest BCUT2D eigenvalue weighted by Gasteiger charge is -2.35. The van der Waals surface area contributed by atoms with Gasteiger partial charge in [-0.3, -0.25) is 14.4 Å². The Morgan fingerprint density at radius 2 is 2.28 bits per heavy atom. The normalized spacial score (nSPS) is 28.0. The molecule has 2 fully saturated rings. The molecule has 0 aromatic carbocycles. The molecule has 0 saturated carbocycles. The first kappa shape index (κ1) is 13.2. The molecule has 6 nitrogen and oxygen atoms in total. The molecule has 2 amide bonds. The predicted molar refractivity (Wildman–Crippen MR) is 66.2 cm³/mol. The van der Waals surface area contributed by atoms with Crippen LogP contribution in [0.25, 0.3) is 0 Å². The van der Waals surface area contributed by atoms with Crippen molar-refractivity contribution in [3.8, 4) is 0 Å². The summed E-state index contributed by atoms with van der Waals surface area (Å²) < 4.78 is 0. The van der Waals surface area contributed by atoms with Gasteiger partial charge in [0.1, 0.15) is 6.04 Å². The number of hydrogen-bond acceptors (Lipinski definition) is 4. The summed E-state index contributed by atoms with van der Waals surface area (Å²) in [6.07, 6.45) is 0.499. The molecule has 2 aliphatic heterocycles. The predicted octanol–water partition coefficient (Wildman–Crippen LogP) is -0.459. The lowest BCUT2D eigenvalue weighted by atomic mass is 10.0. The summed E-state index contributed by atoms with van der Waals surface area (Å²) in [6, 6.07) is -0.852. The lowest BCUT2D eigenvalue weighted by molar-refractivity contribution is -0.150. The number of nitrogens with one attached hydrogen (secondary N) is 1. The number of carbonyl (C=O) groups is 3. The highest BCUT2D eigenvalue weighted by Gasteiger charge is 2.38. The second kappa shape index (κ2) is 5.60. The Bertz CT molecular complexity index is 368. The van der Waals surface area contributed by atoms with Crippen LogP contribution < -0.4 is 5.32 Å². The topological polar surface area (TPSA) is 86.7 Å². The lowest BCUT2D eigenvalue weighted by Crippen LogP contribution is -2.59. The largest absolute Gasteiger partial charge is 0.481 e. The second-order valence-corrected chi connectivity index (χ2v) is 5.65. The summed E-state index contributed by atoms with van der Waals surface area (Å²) in [5, 5.41) is 11.4. The molecule has 0 aliphatic carbocycles. The van der Waals surface area contributed by atoms with Crippen LogP contribution in [0.2, 0.25) is 0 Å². The smallest absolute Gasteiger partial charge is 0.305 e. The minimum absolute atomic E-state index is 0.0582. The van der Waals surface area contributed by atoms with Crippen LogP contribution in [0.3, 0.4) is 0 Å². The zero-order valence-electron chi connectivity index (χ0n) is 9.92. The Hall–Kier alpha value is -1.24. The van der Waals surface area contributed by atoms with Crippen molar-refractivity contribution in [3.63, 3.8) is 0 Å². The van der Waals surface area contributed by atoms with E-state index in [2.05, 4.69) is 5.32 Å². The fourth-order valence-corrected chi connectivity index (χ4v) is 3.52. The van der Waals surface area contributed by atoms with Crippen LogP contribution in [-0.2, 0) is 14.4 Å². The molecule has 2 N–H and O–H groups in total. The number of thioether (sulfide) groups is 1. The molecule has 0 aromatic rings. The zero-order valence-corrected chi connectivity index (χ0v) is 10.7. The minimum Gasteiger partial charge on any atom is -0.481 e. The van der Waals surface area contributed by atoms with Crippen LogP contribution in [0.1, 0.15) is 12.8 Å². The van der Waals surface area contributed by atoms with Crippen molar-refractivity contribution in [1.82, 2.24) is 10.2 Å². The third-order valence-corrected chi connectivity index (χ3v) is 4.42. The molecular weight excluding hydrogens is 256 g/mol. The van der Waals surface area contributed by atoms with E-state index in [-0.39, 0.29) is 24.2 Å². The van der Waals surface area contributed by atoms with E-state index in [4.69, 9.17) is 5.11 Å². The molecule has 100 valence electrons. The number of carbonyl (C=O) groups excluding carboxylic acids is 2. The van der Waals surface area contributed by atoms with Crippen molar-refractivity contribution in [2.45, 2.75) is 18.9 Å². The number of aliphatic carboxylic acids is 1. The summed E-state index contributed by atoms with van der Waals surface area (Å²) in [5.74, 6) is 0.188. The van der Waals surface area contributed by atoms with E-state index in [0.29, 0.717) is 13.1 Å². The summed E-state index contributed by atoms with van der Waals surface area (Å²) in [7, 11) is 0. The second-order valence-electron chi connectivity index (χ2n) is 4.50. The molecule has 2 heterocycles. The number of piperazine rings is 1. The number of amides is 2. The molecule has 2 unspecified atom stereocenters. The molecule has 0 bridgehead atoms. The molecule has 0 spiro atoms. The van der Waals surface area contributed by atoms with Gasteiger partial charge in [-0.25, -0.2) is 0 Å². The molecule has 18 heavy (non-hydrogen) atoms. The van der Waals surface area contributed by atoms with Crippen molar-refractivity contribution in [1.29, 1.82) is 0 Å². The summed E-state index contributed by atoms with van der Waals surface area (Å²) in [6.45, 7) is 0.810. The van der Waals surface area contributed by atoms with Gasteiger partial charge in [0.25, 0.3) is 0 Å². The van der Waals surface area contributed by atoms with Crippen LogP contribution in [0.4, 0.5) is 0 Å². The number of rotatable bonds is 3. The number of nitrogens with zero attached hydrogens (tertiary/aromatic N) is 1. The summed E-state index contributed by atoms with van der Waals surface area (Å²) in [4.78, 5) is 36.2. The van der Waals surface area contributed by atoms with E-state index < -0.39 is 12.0 Å². The maximum atomic E-state index is 12.3. The minimum atomic E-state index is -1.06. The van der Waals surface area contributed by atoms with Gasteiger partial charge >= 0.3 is 5.97 Å². The highest BCUT2D eigenvalue weighted by molar-refractivity contribution is 7.99. The van der Waals surface area contributed by atoms with Gasteiger partial charge in [-0.1, -0.05) is 0 Å². The van der Waals surface area contributed by atoms with Crippen LogP contribution >= 0.6 is 11.8 Å². The van der Waals surface area contributed by atoms with E-state index in [1.165, 1.54) is 4.90 Å². The number of carboxylic acids is 1. The van der Waals surface area contributed by atoms with Crippen molar-refractivity contribution in [3.05, 3.63) is 0 Å². The van der Waals surface area contributed by atoms with Gasteiger partial charge in [-0.05, 0) is 12.2 Å². The van der Waals surface area contributed by atoms with Gasteiger partial charge in [-0.2, -0.15) is 11.8 Å². The van der Waals surface area contributed by atoms with Crippen molar-refractivity contribution < 1.29 is 19.5 Å². The van der Waals surface area contributed by atoms with E-state index in [0.717, 1.165) is 17.9 Å². The third kappa shape index (κ3) is 2.77. The molecular formula is C11H16N2O4S. The van der Waals surface area contributed by atoms with Crippen LogP contribution in [0.5, 0.6) is 0 Å². The van der Waals surface area contributed by atoms with E-state index in [9.17, 15) is 14.4 Å². The first-order valence-electron chi connectivity index (χ1n) is 5.97. The first-order chi connectivity index (χ1) is 8.59. The average Bonchev–Trinajstić information content (AvgIpc) is 2.84. The van der Waals surface area contributed by atoms with E-state index >= 15 is 0 Å². The maximum Gasteiger partial charge on any atom is 0.305 e. The Kier molecular flexibility index (Phi) is 4.11. The Morgan fingerprint density at radius 1 is 1.50 bits per heavy atom. The average molecular weight is 272 g/mol. The van der Waals surface area contributed by atoms with Crippen LogP contribution in [0.15, 0.2) is 0 Å². The van der Waals surface area contributed by atoms with Crippen LogP contribution in [-0.4, -0.2) is 58.4 Å². The fourth-order valence-electron chi connectivity index (χ4n) is 2.31. The molecule has 7 heteroatoms. The van der Waals surface area contributed by atoms with Crippen molar-refractivity contribution >= 4 is 29.5 Å². The van der Waals surface area contributed by atoms with Gasteiger partial charge in [0, 0.05) is 24.8 Å². The summed E-state index contributed by atoms with van der Waals surface area (Å²) in [5.41, 5.74) is 0. The molecule has 0 radical (unpaired) electrons. The standard InChI is InChI=1S/C11H16N2O4S/c14-9(15)5-8-10(16)12-2-3-13(8)11(17)7-1-4-18-6-7/h7-8H,1-6H2,(H,12,16)(H,14,15). The van der Waals surface area contributed by atoms with Gasteiger partial charge in [0.15, 0.2) is 0 Å². The van der Waals surface area contributed by atoms with Gasteiger partial charge in [0.05, 0.1) is 6.42 Å². The van der Waals surface area contributed by atoms with Gasteiger partial charge in [-0.15, -0.1) is 0 Å². The molecule has 0 aromatic heterocycles. The third-order valence-electron chi connectivity index (χ3n) is 3.26.